The molecule has 0 bridgehead atoms. The first kappa shape index (κ1) is 22.8. The van der Waals surface area contributed by atoms with Gasteiger partial charge in [-0.3, -0.25) is 14.9 Å². The third kappa shape index (κ3) is 5.86. The summed E-state index contributed by atoms with van der Waals surface area (Å²) in [6.45, 7) is 4.13. The van der Waals surface area contributed by atoms with Gasteiger partial charge in [-0.2, -0.15) is 0 Å². The SMILES string of the molecule is CCNc1ccc(C(=O)C2CCc3nc(NC(=O)NCCCN(C)C)sc3C2=O)cn1. The van der Waals surface area contributed by atoms with Crippen molar-refractivity contribution < 1.29 is 14.4 Å². The average molecular weight is 445 g/mol. The normalized spacial score (nSPS) is 15.5. The molecule has 0 saturated heterocycles. The molecule has 1 aliphatic carbocycles. The maximum atomic E-state index is 13.0. The van der Waals surface area contributed by atoms with Crippen LogP contribution < -0.4 is 16.0 Å². The standard InChI is InChI=1S/C21H28N6O3S/c1-4-22-16-9-6-13(12-24-16)17(28)14-7-8-15-19(18(14)29)31-21(25-15)26-20(30)23-10-5-11-27(2)3/h6,9,12,14H,4-5,7-8,10-11H2,1-3H3,(H,22,24)(H2,23,25,26,30). The molecule has 166 valence electrons. The molecule has 1 atom stereocenters. The lowest BCUT2D eigenvalue weighted by atomic mass is 9.84. The molecule has 0 aromatic carbocycles. The molecule has 3 rings (SSSR count). The minimum absolute atomic E-state index is 0.229. The van der Waals surface area contributed by atoms with E-state index >= 15 is 0 Å². The Morgan fingerprint density at radius 2 is 2.10 bits per heavy atom. The second-order valence-electron chi connectivity index (χ2n) is 7.61. The third-order valence-corrected chi connectivity index (χ3v) is 5.95. The molecule has 10 heteroatoms. The van der Waals surface area contributed by atoms with Gasteiger partial charge in [0.05, 0.1) is 16.5 Å². The predicted octanol–water partition coefficient (Wildman–Crippen LogP) is 2.67. The zero-order valence-corrected chi connectivity index (χ0v) is 18.8. The first-order valence-corrected chi connectivity index (χ1v) is 11.2. The number of nitrogens with zero attached hydrogens (tertiary/aromatic N) is 3. The van der Waals surface area contributed by atoms with E-state index in [-0.39, 0.29) is 17.6 Å². The van der Waals surface area contributed by atoms with Crippen LogP contribution in [-0.2, 0) is 6.42 Å². The van der Waals surface area contributed by atoms with Crippen LogP contribution >= 0.6 is 11.3 Å². The van der Waals surface area contributed by atoms with Crippen molar-refractivity contribution in [1.29, 1.82) is 0 Å². The average Bonchev–Trinajstić information content (AvgIpc) is 3.15. The highest BCUT2D eigenvalue weighted by Gasteiger charge is 2.36. The van der Waals surface area contributed by atoms with Gasteiger partial charge in [0.1, 0.15) is 5.82 Å². The lowest BCUT2D eigenvalue weighted by Crippen LogP contribution is -2.31. The van der Waals surface area contributed by atoms with E-state index < -0.39 is 5.92 Å². The fourth-order valence-electron chi connectivity index (χ4n) is 3.35. The number of anilines is 2. The Hall–Kier alpha value is -2.85. The van der Waals surface area contributed by atoms with Crippen LogP contribution in [0.5, 0.6) is 0 Å². The van der Waals surface area contributed by atoms with Crippen LogP contribution in [0, 0.1) is 5.92 Å². The molecule has 1 aliphatic rings. The van der Waals surface area contributed by atoms with Crippen LogP contribution in [0.2, 0.25) is 0 Å². The Morgan fingerprint density at radius 3 is 2.77 bits per heavy atom. The minimum atomic E-state index is -0.743. The molecule has 9 nitrogen and oxygen atoms in total. The van der Waals surface area contributed by atoms with Gasteiger partial charge in [-0.05, 0) is 59.0 Å². The minimum Gasteiger partial charge on any atom is -0.370 e. The third-order valence-electron chi connectivity index (χ3n) is 4.92. The van der Waals surface area contributed by atoms with Crippen molar-refractivity contribution >= 4 is 39.9 Å². The Kier molecular flexibility index (Phi) is 7.69. The van der Waals surface area contributed by atoms with Crippen LogP contribution in [0.3, 0.4) is 0 Å². The van der Waals surface area contributed by atoms with E-state index in [1.165, 1.54) is 6.20 Å². The second kappa shape index (κ2) is 10.5. The lowest BCUT2D eigenvalue weighted by Gasteiger charge is -2.18. The summed E-state index contributed by atoms with van der Waals surface area (Å²) in [4.78, 5) is 49.0. The van der Waals surface area contributed by atoms with E-state index in [1.54, 1.807) is 12.1 Å². The number of hydrogen-bond donors (Lipinski definition) is 3. The van der Waals surface area contributed by atoms with E-state index in [4.69, 9.17) is 0 Å². The molecule has 2 aromatic rings. The van der Waals surface area contributed by atoms with E-state index in [9.17, 15) is 14.4 Å². The van der Waals surface area contributed by atoms with E-state index in [2.05, 4.69) is 25.9 Å². The fraction of sp³-hybridized carbons (Fsp3) is 0.476. The smallest absolute Gasteiger partial charge is 0.321 e. The number of hydrogen-bond acceptors (Lipinski definition) is 8. The fourth-order valence-corrected chi connectivity index (χ4v) is 4.35. The number of Topliss-reactive ketones (excluding diaryl/α,β-unsaturated/α-hetero) is 2. The van der Waals surface area contributed by atoms with Crippen molar-refractivity contribution in [2.75, 3.05) is 44.4 Å². The van der Waals surface area contributed by atoms with Crippen molar-refractivity contribution in [3.63, 3.8) is 0 Å². The number of ketones is 2. The van der Waals surface area contributed by atoms with Crippen LogP contribution in [-0.4, -0.2) is 66.2 Å². The predicted molar refractivity (Wildman–Crippen MR) is 121 cm³/mol. The number of fused-ring (bicyclic) bond motifs is 1. The number of amides is 2. The number of nitrogens with one attached hydrogen (secondary N) is 3. The summed E-state index contributed by atoms with van der Waals surface area (Å²) in [6, 6.07) is 3.08. The molecular weight excluding hydrogens is 416 g/mol. The molecular formula is C21H28N6O3S. The highest BCUT2D eigenvalue weighted by atomic mass is 32.1. The monoisotopic (exact) mass is 444 g/mol. The van der Waals surface area contributed by atoms with Gasteiger partial charge < -0.3 is 15.5 Å². The van der Waals surface area contributed by atoms with Gasteiger partial charge in [0.15, 0.2) is 16.7 Å². The van der Waals surface area contributed by atoms with Crippen molar-refractivity contribution in [2.45, 2.75) is 26.2 Å². The summed E-state index contributed by atoms with van der Waals surface area (Å²) >= 11 is 1.12. The summed E-state index contributed by atoms with van der Waals surface area (Å²) in [7, 11) is 3.95. The van der Waals surface area contributed by atoms with Crippen molar-refractivity contribution in [3.8, 4) is 0 Å². The number of pyridine rings is 1. The second-order valence-corrected chi connectivity index (χ2v) is 8.61. The molecule has 2 amide bonds. The van der Waals surface area contributed by atoms with Gasteiger partial charge in [0.2, 0.25) is 0 Å². The van der Waals surface area contributed by atoms with Crippen LogP contribution in [0.25, 0.3) is 0 Å². The maximum Gasteiger partial charge on any atom is 0.321 e. The molecule has 0 fully saturated rings. The highest BCUT2D eigenvalue weighted by molar-refractivity contribution is 7.17. The highest BCUT2D eigenvalue weighted by Crippen LogP contribution is 2.33. The molecule has 0 saturated carbocycles. The van der Waals surface area contributed by atoms with Gasteiger partial charge in [-0.25, -0.2) is 14.8 Å². The molecule has 2 aromatic heterocycles. The summed E-state index contributed by atoms with van der Waals surface area (Å²) in [5.74, 6) is -0.520. The molecule has 1 unspecified atom stereocenters. The molecule has 0 aliphatic heterocycles. The van der Waals surface area contributed by atoms with Gasteiger partial charge in [-0.15, -0.1) is 0 Å². The van der Waals surface area contributed by atoms with Crippen LogP contribution in [0.15, 0.2) is 18.3 Å². The van der Waals surface area contributed by atoms with Crippen LogP contribution in [0.4, 0.5) is 15.7 Å². The number of aromatic nitrogens is 2. The Bertz CT molecular complexity index is 941. The van der Waals surface area contributed by atoms with Gasteiger partial charge in [-0.1, -0.05) is 11.3 Å². The zero-order valence-electron chi connectivity index (χ0n) is 18.0. The van der Waals surface area contributed by atoms with Crippen molar-refractivity contribution in [1.82, 2.24) is 20.2 Å². The number of carbonyl (C=O) groups is 3. The number of aryl methyl sites for hydroxylation is 1. The first-order chi connectivity index (χ1) is 14.9. The number of rotatable bonds is 9. The molecule has 0 spiro atoms. The Balaban J connectivity index is 1.61. The largest absolute Gasteiger partial charge is 0.370 e. The number of carbonyl (C=O) groups excluding carboxylic acids is 3. The summed E-state index contributed by atoms with van der Waals surface area (Å²) in [5.41, 5.74) is 1.06. The quantitative estimate of drug-likeness (QED) is 0.309. The van der Waals surface area contributed by atoms with E-state index in [0.29, 0.717) is 46.5 Å². The van der Waals surface area contributed by atoms with Crippen molar-refractivity contribution in [2.24, 2.45) is 5.92 Å². The summed E-state index contributed by atoms with van der Waals surface area (Å²) in [5, 5.41) is 8.92. The van der Waals surface area contributed by atoms with Gasteiger partial charge in [0, 0.05) is 24.8 Å². The first-order valence-electron chi connectivity index (χ1n) is 10.4. The zero-order chi connectivity index (χ0) is 22.4. The van der Waals surface area contributed by atoms with Crippen molar-refractivity contribution in [3.05, 3.63) is 34.5 Å². The van der Waals surface area contributed by atoms with Gasteiger partial charge >= 0.3 is 6.03 Å². The summed E-state index contributed by atoms with van der Waals surface area (Å²) in [6.07, 6.45) is 3.26. The molecule has 2 heterocycles. The summed E-state index contributed by atoms with van der Waals surface area (Å²) < 4.78 is 0. The Labute approximate surface area is 185 Å². The van der Waals surface area contributed by atoms with E-state index in [1.807, 2.05) is 25.9 Å². The maximum absolute atomic E-state index is 13.0. The molecule has 31 heavy (non-hydrogen) atoms. The van der Waals surface area contributed by atoms with Gasteiger partial charge in [0.25, 0.3) is 0 Å². The number of thiazole rings is 1. The molecule has 0 radical (unpaired) electrons. The lowest BCUT2D eigenvalue weighted by molar-refractivity contribution is 0.0792. The topological polar surface area (TPSA) is 116 Å². The molecule has 3 N–H and O–H groups in total. The number of urea groups is 1. The Morgan fingerprint density at radius 1 is 1.29 bits per heavy atom. The van der Waals surface area contributed by atoms with Crippen LogP contribution in [0.1, 0.15) is 45.5 Å². The van der Waals surface area contributed by atoms with E-state index in [0.717, 1.165) is 30.8 Å².